The second-order valence-electron chi connectivity index (χ2n) is 7.14. The Morgan fingerprint density at radius 1 is 1.50 bits per heavy atom. The van der Waals surface area contributed by atoms with Crippen LogP contribution in [0.4, 0.5) is 0 Å². The van der Waals surface area contributed by atoms with Crippen molar-refractivity contribution >= 4 is 39.2 Å². The summed E-state index contributed by atoms with van der Waals surface area (Å²) in [5.74, 6) is 1.84. The van der Waals surface area contributed by atoms with Crippen LogP contribution in [0.25, 0.3) is 21.5 Å². The zero-order valence-corrected chi connectivity index (χ0v) is 17.6. The Hall–Kier alpha value is -2.06. The van der Waals surface area contributed by atoms with Crippen molar-refractivity contribution in [3.05, 3.63) is 40.0 Å². The first-order valence-electron chi connectivity index (χ1n) is 9.51. The predicted octanol–water partition coefficient (Wildman–Crippen LogP) is 4.44. The Balaban J connectivity index is 1.49. The van der Waals surface area contributed by atoms with Crippen molar-refractivity contribution in [3.8, 4) is 11.3 Å². The molecule has 0 bridgehead atoms. The highest BCUT2D eigenvalue weighted by Gasteiger charge is 2.24. The number of hydrogen-bond acceptors (Lipinski definition) is 6. The third-order valence-electron chi connectivity index (χ3n) is 5.21. The number of carbonyl (C=O) groups excluding carboxylic acids is 1. The molecular weight excluding hydrogens is 394 g/mol. The number of aromatic amines is 1. The zero-order valence-electron chi connectivity index (χ0n) is 15.9. The molecule has 1 amide bonds. The van der Waals surface area contributed by atoms with Crippen molar-refractivity contribution in [2.24, 2.45) is 0 Å². The van der Waals surface area contributed by atoms with E-state index in [1.807, 2.05) is 23.3 Å². The fraction of sp³-hybridized carbons (Fsp3) is 0.450. The maximum Gasteiger partial charge on any atom is 0.260 e. The number of carbonyl (C=O) groups is 1. The molecule has 3 aromatic heterocycles. The highest BCUT2D eigenvalue weighted by molar-refractivity contribution is 8.00. The summed E-state index contributed by atoms with van der Waals surface area (Å²) in [6, 6.07) is 3.95. The number of nitrogens with zero attached hydrogens (tertiary/aromatic N) is 2. The van der Waals surface area contributed by atoms with E-state index in [9.17, 15) is 9.59 Å². The van der Waals surface area contributed by atoms with Crippen molar-refractivity contribution in [3.63, 3.8) is 0 Å². The van der Waals surface area contributed by atoms with E-state index in [4.69, 9.17) is 4.42 Å². The van der Waals surface area contributed by atoms with Crippen molar-refractivity contribution in [1.82, 2.24) is 14.9 Å². The van der Waals surface area contributed by atoms with E-state index in [0.717, 1.165) is 24.9 Å². The summed E-state index contributed by atoms with van der Waals surface area (Å²) in [5, 5.41) is 2.38. The lowest BCUT2D eigenvalue weighted by atomic mass is 10.0. The van der Waals surface area contributed by atoms with E-state index in [1.54, 1.807) is 12.3 Å². The van der Waals surface area contributed by atoms with Gasteiger partial charge < -0.3 is 14.3 Å². The summed E-state index contributed by atoms with van der Waals surface area (Å²) in [6.45, 7) is 4.94. The van der Waals surface area contributed by atoms with E-state index in [1.165, 1.54) is 29.5 Å². The summed E-state index contributed by atoms with van der Waals surface area (Å²) in [4.78, 5) is 35.5. The molecule has 2 unspecified atom stereocenters. The molecule has 28 heavy (non-hydrogen) atoms. The molecule has 2 atom stereocenters. The standard InChI is InChI=1S/C20H23N3O3S2/c1-12-6-3-4-8-23(12)16(24)11-27-13(2)18-21-19(25)17-14(10-28-20(17)22-18)15-7-5-9-26-15/h5,7,9-10,12-13H,3-4,6,8,11H2,1-2H3,(H,21,22,25). The number of amides is 1. The van der Waals surface area contributed by atoms with E-state index in [-0.39, 0.29) is 16.7 Å². The number of thioether (sulfide) groups is 1. The van der Waals surface area contributed by atoms with Gasteiger partial charge in [-0.2, -0.15) is 0 Å². The number of piperidine rings is 1. The molecular formula is C20H23N3O3S2. The average molecular weight is 418 g/mol. The van der Waals surface area contributed by atoms with Crippen molar-refractivity contribution in [1.29, 1.82) is 0 Å². The third-order valence-corrected chi connectivity index (χ3v) is 7.22. The summed E-state index contributed by atoms with van der Waals surface area (Å²) < 4.78 is 5.43. The molecule has 0 spiro atoms. The predicted molar refractivity (Wildman–Crippen MR) is 114 cm³/mol. The molecule has 1 fully saturated rings. The van der Waals surface area contributed by atoms with Crippen LogP contribution in [0.1, 0.15) is 44.2 Å². The van der Waals surface area contributed by atoms with E-state index in [2.05, 4.69) is 16.9 Å². The Morgan fingerprint density at radius 3 is 3.11 bits per heavy atom. The van der Waals surface area contributed by atoms with Crippen LogP contribution >= 0.6 is 23.1 Å². The lowest BCUT2D eigenvalue weighted by Gasteiger charge is -2.33. The summed E-state index contributed by atoms with van der Waals surface area (Å²) >= 11 is 2.95. The SMILES string of the molecule is CC(SCC(=O)N1CCCCC1C)c1nc2scc(-c3ccco3)c2c(=O)[nH]1. The summed E-state index contributed by atoms with van der Waals surface area (Å²) in [7, 11) is 0. The summed E-state index contributed by atoms with van der Waals surface area (Å²) in [5.41, 5.74) is 0.593. The van der Waals surface area contributed by atoms with Crippen LogP contribution in [0.15, 0.2) is 33.0 Å². The van der Waals surface area contributed by atoms with Gasteiger partial charge in [0, 0.05) is 23.5 Å². The largest absolute Gasteiger partial charge is 0.464 e. The second-order valence-corrected chi connectivity index (χ2v) is 9.33. The maximum atomic E-state index is 12.7. The molecule has 1 aliphatic heterocycles. The Kier molecular flexibility index (Phi) is 5.59. The van der Waals surface area contributed by atoms with Gasteiger partial charge in [0.2, 0.25) is 5.91 Å². The molecule has 0 radical (unpaired) electrons. The first-order chi connectivity index (χ1) is 13.5. The van der Waals surface area contributed by atoms with Crippen LogP contribution < -0.4 is 5.56 Å². The molecule has 1 aliphatic rings. The number of hydrogen-bond donors (Lipinski definition) is 1. The number of thiophene rings is 1. The number of nitrogens with one attached hydrogen (secondary N) is 1. The van der Waals surface area contributed by atoms with Gasteiger partial charge in [-0.3, -0.25) is 9.59 Å². The molecule has 4 heterocycles. The molecule has 0 saturated carbocycles. The smallest absolute Gasteiger partial charge is 0.260 e. The van der Waals surface area contributed by atoms with Gasteiger partial charge >= 0.3 is 0 Å². The first kappa shape index (κ1) is 19.3. The number of H-pyrrole nitrogens is 1. The van der Waals surface area contributed by atoms with Crippen LogP contribution in [-0.4, -0.2) is 39.1 Å². The van der Waals surface area contributed by atoms with Crippen LogP contribution in [0.3, 0.4) is 0 Å². The molecule has 6 nitrogen and oxygen atoms in total. The van der Waals surface area contributed by atoms with Gasteiger partial charge in [0.1, 0.15) is 16.4 Å². The minimum absolute atomic E-state index is 0.0738. The topological polar surface area (TPSA) is 79.2 Å². The number of rotatable bonds is 5. The zero-order chi connectivity index (χ0) is 19.7. The van der Waals surface area contributed by atoms with Crippen molar-refractivity contribution in [2.75, 3.05) is 12.3 Å². The van der Waals surface area contributed by atoms with Gasteiger partial charge in [0.05, 0.1) is 22.7 Å². The second kappa shape index (κ2) is 8.13. The van der Waals surface area contributed by atoms with Gasteiger partial charge in [-0.25, -0.2) is 4.98 Å². The fourth-order valence-electron chi connectivity index (χ4n) is 3.60. The highest BCUT2D eigenvalue weighted by Crippen LogP contribution is 2.33. The molecule has 0 aliphatic carbocycles. The maximum absolute atomic E-state index is 12.7. The Labute approximate surface area is 171 Å². The third kappa shape index (κ3) is 3.75. The molecule has 148 valence electrons. The van der Waals surface area contributed by atoms with Crippen molar-refractivity contribution < 1.29 is 9.21 Å². The van der Waals surface area contributed by atoms with E-state index in [0.29, 0.717) is 33.6 Å². The number of aromatic nitrogens is 2. The van der Waals surface area contributed by atoms with Crippen molar-refractivity contribution in [2.45, 2.75) is 44.4 Å². The van der Waals surface area contributed by atoms with Crippen LogP contribution in [0.2, 0.25) is 0 Å². The molecule has 0 aromatic carbocycles. The molecule has 1 N–H and O–H groups in total. The quantitative estimate of drug-likeness (QED) is 0.664. The van der Waals surface area contributed by atoms with Crippen LogP contribution in [0, 0.1) is 0 Å². The van der Waals surface area contributed by atoms with Crippen LogP contribution in [-0.2, 0) is 4.79 Å². The first-order valence-corrected chi connectivity index (χ1v) is 11.4. The van der Waals surface area contributed by atoms with Crippen LogP contribution in [0.5, 0.6) is 0 Å². The van der Waals surface area contributed by atoms with Gasteiger partial charge in [-0.15, -0.1) is 23.1 Å². The molecule has 4 rings (SSSR count). The fourth-order valence-corrected chi connectivity index (χ4v) is 5.36. The van der Waals surface area contributed by atoms with E-state index < -0.39 is 0 Å². The minimum atomic E-state index is -0.170. The number of likely N-dealkylation sites (tertiary alicyclic amines) is 1. The number of furan rings is 1. The Bertz CT molecular complexity index is 1030. The van der Waals surface area contributed by atoms with Gasteiger partial charge in [0.15, 0.2) is 0 Å². The monoisotopic (exact) mass is 417 g/mol. The highest BCUT2D eigenvalue weighted by atomic mass is 32.2. The molecule has 3 aromatic rings. The van der Waals surface area contributed by atoms with Gasteiger partial charge in [0.25, 0.3) is 5.56 Å². The number of fused-ring (bicyclic) bond motifs is 1. The lowest BCUT2D eigenvalue weighted by molar-refractivity contribution is -0.131. The van der Waals surface area contributed by atoms with E-state index >= 15 is 0 Å². The minimum Gasteiger partial charge on any atom is -0.464 e. The Morgan fingerprint density at radius 2 is 2.36 bits per heavy atom. The van der Waals surface area contributed by atoms with Gasteiger partial charge in [-0.1, -0.05) is 0 Å². The van der Waals surface area contributed by atoms with Gasteiger partial charge in [-0.05, 0) is 45.2 Å². The normalized spacial score (nSPS) is 18.5. The molecule has 1 saturated heterocycles. The summed E-state index contributed by atoms with van der Waals surface area (Å²) in [6.07, 6.45) is 4.94. The average Bonchev–Trinajstić information content (AvgIpc) is 3.35. The molecule has 8 heteroatoms. The lowest BCUT2D eigenvalue weighted by Crippen LogP contribution is -2.43.